The van der Waals surface area contributed by atoms with Gasteiger partial charge in [-0.3, -0.25) is 4.90 Å². The van der Waals surface area contributed by atoms with Gasteiger partial charge in [0, 0.05) is 51.2 Å². The summed E-state index contributed by atoms with van der Waals surface area (Å²) in [7, 11) is -1.56. The van der Waals surface area contributed by atoms with E-state index in [9.17, 15) is 8.42 Å². The van der Waals surface area contributed by atoms with Crippen molar-refractivity contribution in [1.82, 2.24) is 13.8 Å². The number of piperazine rings is 1. The standard InChI is InChI=1S/C14H24N4O2S/c1-16-11-14(8-13(16)9-15)21(19,20)18-7-6-17-5-3-2-4-12(17)10-18/h8,11-12H,2-7,9-10,15H2,1H3. The topological polar surface area (TPSA) is 71.6 Å². The highest BCUT2D eigenvalue weighted by Gasteiger charge is 2.35. The molecule has 0 bridgehead atoms. The van der Waals surface area contributed by atoms with Crippen LogP contribution in [-0.4, -0.2) is 54.4 Å². The number of nitrogens with zero attached hydrogens (tertiary/aromatic N) is 3. The largest absolute Gasteiger partial charge is 0.352 e. The monoisotopic (exact) mass is 312 g/mol. The molecule has 118 valence electrons. The maximum atomic E-state index is 12.8. The summed E-state index contributed by atoms with van der Waals surface area (Å²) in [4.78, 5) is 2.81. The minimum Gasteiger partial charge on any atom is -0.352 e. The number of sulfonamides is 1. The molecule has 2 N–H and O–H groups in total. The van der Waals surface area contributed by atoms with Crippen molar-refractivity contribution in [1.29, 1.82) is 0 Å². The Hall–Kier alpha value is -0.890. The zero-order chi connectivity index (χ0) is 15.0. The van der Waals surface area contributed by atoms with E-state index >= 15 is 0 Å². The Bertz CT molecular complexity index is 610. The van der Waals surface area contributed by atoms with E-state index in [1.807, 2.05) is 7.05 Å². The van der Waals surface area contributed by atoms with Crippen molar-refractivity contribution >= 4 is 10.0 Å². The fourth-order valence-corrected chi connectivity index (χ4v) is 4.98. The summed E-state index contributed by atoms with van der Waals surface area (Å²) in [6.07, 6.45) is 5.22. The van der Waals surface area contributed by atoms with Crippen molar-refractivity contribution in [2.75, 3.05) is 26.2 Å². The minimum absolute atomic E-state index is 0.350. The normalized spacial score (nSPS) is 25.0. The highest BCUT2D eigenvalue weighted by molar-refractivity contribution is 7.89. The Morgan fingerprint density at radius 2 is 2.10 bits per heavy atom. The summed E-state index contributed by atoms with van der Waals surface area (Å²) < 4.78 is 29.0. The average molecular weight is 312 g/mol. The number of piperidine rings is 1. The van der Waals surface area contributed by atoms with Gasteiger partial charge in [-0.15, -0.1) is 0 Å². The predicted molar refractivity (Wildman–Crippen MR) is 81.3 cm³/mol. The van der Waals surface area contributed by atoms with Gasteiger partial charge < -0.3 is 10.3 Å². The van der Waals surface area contributed by atoms with Crippen LogP contribution in [0.1, 0.15) is 25.0 Å². The number of hydrogen-bond acceptors (Lipinski definition) is 4. The third-order valence-electron chi connectivity index (χ3n) is 4.73. The molecule has 0 amide bonds. The van der Waals surface area contributed by atoms with Crippen LogP contribution in [-0.2, 0) is 23.6 Å². The highest BCUT2D eigenvalue weighted by atomic mass is 32.2. The molecule has 2 fully saturated rings. The number of fused-ring (bicyclic) bond motifs is 1. The Labute approximate surface area is 126 Å². The van der Waals surface area contributed by atoms with Crippen LogP contribution in [0.3, 0.4) is 0 Å². The first-order valence-corrected chi connectivity index (χ1v) is 9.06. The van der Waals surface area contributed by atoms with Gasteiger partial charge in [-0.05, 0) is 25.5 Å². The first-order chi connectivity index (χ1) is 10.0. The highest BCUT2D eigenvalue weighted by Crippen LogP contribution is 2.26. The van der Waals surface area contributed by atoms with Gasteiger partial charge in [0.2, 0.25) is 10.0 Å². The molecule has 1 aromatic rings. The maximum absolute atomic E-state index is 12.8. The van der Waals surface area contributed by atoms with Gasteiger partial charge >= 0.3 is 0 Å². The van der Waals surface area contributed by atoms with Crippen molar-refractivity contribution in [2.45, 2.75) is 36.7 Å². The SMILES string of the molecule is Cn1cc(S(=O)(=O)N2CCN3CCCCC3C2)cc1CN. The minimum atomic E-state index is -3.39. The average Bonchev–Trinajstić information content (AvgIpc) is 2.88. The summed E-state index contributed by atoms with van der Waals surface area (Å²) in [6, 6.07) is 2.09. The van der Waals surface area contributed by atoms with E-state index in [-0.39, 0.29) is 0 Å². The van der Waals surface area contributed by atoms with Gasteiger partial charge in [0.15, 0.2) is 0 Å². The molecule has 1 atom stereocenters. The molecule has 2 aliphatic rings. The number of rotatable bonds is 3. The van der Waals surface area contributed by atoms with Crippen LogP contribution >= 0.6 is 0 Å². The molecule has 2 aliphatic heterocycles. The molecular weight excluding hydrogens is 288 g/mol. The first-order valence-electron chi connectivity index (χ1n) is 7.62. The number of hydrogen-bond donors (Lipinski definition) is 1. The lowest BCUT2D eigenvalue weighted by molar-refractivity contribution is 0.0852. The van der Waals surface area contributed by atoms with Gasteiger partial charge in [0.25, 0.3) is 0 Å². The molecule has 1 aromatic heterocycles. The maximum Gasteiger partial charge on any atom is 0.244 e. The first kappa shape index (κ1) is 15.0. The Morgan fingerprint density at radius 1 is 1.29 bits per heavy atom. The lowest BCUT2D eigenvalue weighted by Crippen LogP contribution is -2.56. The quantitative estimate of drug-likeness (QED) is 0.874. The summed E-state index contributed by atoms with van der Waals surface area (Å²) in [5, 5.41) is 0. The van der Waals surface area contributed by atoms with Gasteiger partial charge in [-0.1, -0.05) is 6.42 Å². The van der Waals surface area contributed by atoms with E-state index in [4.69, 9.17) is 5.73 Å². The fraction of sp³-hybridized carbons (Fsp3) is 0.714. The van der Waals surface area contributed by atoms with Crippen LogP contribution in [0.15, 0.2) is 17.2 Å². The molecule has 3 heterocycles. The fourth-order valence-electron chi connectivity index (χ4n) is 3.42. The van der Waals surface area contributed by atoms with Crippen molar-refractivity contribution in [3.63, 3.8) is 0 Å². The Balaban J connectivity index is 1.81. The zero-order valence-electron chi connectivity index (χ0n) is 12.5. The van der Waals surface area contributed by atoms with Crippen LogP contribution in [0.25, 0.3) is 0 Å². The lowest BCUT2D eigenvalue weighted by Gasteiger charge is -2.43. The van der Waals surface area contributed by atoms with E-state index < -0.39 is 10.0 Å². The van der Waals surface area contributed by atoms with Gasteiger partial charge in [-0.25, -0.2) is 8.42 Å². The molecule has 1 unspecified atom stereocenters. The zero-order valence-corrected chi connectivity index (χ0v) is 13.3. The lowest BCUT2D eigenvalue weighted by atomic mass is 10.0. The molecule has 3 rings (SSSR count). The molecular formula is C14H24N4O2S. The Kier molecular flexibility index (Phi) is 4.09. The van der Waals surface area contributed by atoms with E-state index in [0.29, 0.717) is 30.6 Å². The van der Waals surface area contributed by atoms with Crippen molar-refractivity contribution in [3.8, 4) is 0 Å². The number of aromatic nitrogens is 1. The van der Waals surface area contributed by atoms with Crippen LogP contribution < -0.4 is 5.73 Å². The van der Waals surface area contributed by atoms with E-state index in [2.05, 4.69) is 4.90 Å². The molecule has 6 nitrogen and oxygen atoms in total. The molecule has 0 radical (unpaired) electrons. The van der Waals surface area contributed by atoms with E-state index in [0.717, 1.165) is 25.2 Å². The summed E-state index contributed by atoms with van der Waals surface area (Å²) in [5.41, 5.74) is 6.48. The molecule has 0 saturated carbocycles. The van der Waals surface area contributed by atoms with Crippen molar-refractivity contribution in [2.24, 2.45) is 12.8 Å². The number of nitrogens with two attached hydrogens (primary N) is 1. The van der Waals surface area contributed by atoms with Crippen molar-refractivity contribution in [3.05, 3.63) is 18.0 Å². The van der Waals surface area contributed by atoms with Crippen LogP contribution in [0.5, 0.6) is 0 Å². The summed E-state index contributed by atoms with van der Waals surface area (Å²) >= 11 is 0. The van der Waals surface area contributed by atoms with E-state index in [1.165, 1.54) is 12.8 Å². The second kappa shape index (κ2) is 5.72. The third-order valence-corrected chi connectivity index (χ3v) is 6.56. The van der Waals surface area contributed by atoms with Crippen molar-refractivity contribution < 1.29 is 8.42 Å². The number of aryl methyl sites for hydroxylation is 1. The predicted octanol–water partition coefficient (Wildman–Crippen LogP) is 0.343. The second-order valence-corrected chi connectivity index (χ2v) is 7.97. The smallest absolute Gasteiger partial charge is 0.244 e. The van der Waals surface area contributed by atoms with Gasteiger partial charge in [-0.2, -0.15) is 4.31 Å². The molecule has 0 spiro atoms. The second-order valence-electron chi connectivity index (χ2n) is 6.03. The molecule has 0 aromatic carbocycles. The van der Waals surface area contributed by atoms with Crippen LogP contribution in [0.4, 0.5) is 0 Å². The molecule has 0 aliphatic carbocycles. The summed E-state index contributed by atoms with van der Waals surface area (Å²) in [6.45, 7) is 3.52. The molecule has 21 heavy (non-hydrogen) atoms. The van der Waals surface area contributed by atoms with Gasteiger partial charge in [0.1, 0.15) is 4.90 Å². The van der Waals surface area contributed by atoms with Gasteiger partial charge in [0.05, 0.1) is 0 Å². The van der Waals surface area contributed by atoms with Crippen LogP contribution in [0, 0.1) is 0 Å². The van der Waals surface area contributed by atoms with E-state index in [1.54, 1.807) is 21.1 Å². The third kappa shape index (κ3) is 2.75. The molecule has 2 saturated heterocycles. The van der Waals surface area contributed by atoms with Crippen LogP contribution in [0.2, 0.25) is 0 Å². The molecule has 7 heteroatoms. The Morgan fingerprint density at radius 3 is 2.81 bits per heavy atom. The summed E-state index contributed by atoms with van der Waals surface area (Å²) in [5.74, 6) is 0.